The summed E-state index contributed by atoms with van der Waals surface area (Å²) in [6.45, 7) is -0.250. The van der Waals surface area contributed by atoms with Crippen molar-refractivity contribution in [3.63, 3.8) is 0 Å². The van der Waals surface area contributed by atoms with E-state index in [1.54, 1.807) is 66.7 Å². The number of phenolic OH excluding ortho intramolecular Hbond substituents is 1. The van der Waals surface area contributed by atoms with Crippen molar-refractivity contribution in [3.05, 3.63) is 101 Å². The van der Waals surface area contributed by atoms with Gasteiger partial charge in [0, 0.05) is 23.0 Å². The number of halogens is 1. The zero-order chi connectivity index (χ0) is 33.2. The first kappa shape index (κ1) is 30.7. The summed E-state index contributed by atoms with van der Waals surface area (Å²) in [5.74, 6) is -7.21. The maximum Gasteiger partial charge on any atom is 0.305 e. The molecule has 2 aliphatic carbocycles. The van der Waals surface area contributed by atoms with Gasteiger partial charge in [-0.2, -0.15) is 0 Å². The Morgan fingerprint density at radius 3 is 2.40 bits per heavy atom. The predicted octanol–water partition coefficient (Wildman–Crippen LogP) is 4.69. The molecular formula is C36H31ClN2O8. The van der Waals surface area contributed by atoms with Crippen molar-refractivity contribution in [1.29, 1.82) is 0 Å². The largest absolute Gasteiger partial charge is 0.504 e. The van der Waals surface area contributed by atoms with Crippen molar-refractivity contribution in [2.24, 2.45) is 23.7 Å². The third-order valence-electron chi connectivity index (χ3n) is 10.4. The second-order valence-corrected chi connectivity index (χ2v) is 12.9. The van der Waals surface area contributed by atoms with Gasteiger partial charge in [-0.15, -0.1) is 0 Å². The number of rotatable bonds is 7. The monoisotopic (exact) mass is 654 g/mol. The number of ether oxygens (including phenoxy) is 1. The Balaban J connectivity index is 1.48. The van der Waals surface area contributed by atoms with E-state index in [4.69, 9.17) is 16.3 Å². The van der Waals surface area contributed by atoms with E-state index in [0.717, 1.165) is 9.80 Å². The molecule has 2 saturated heterocycles. The summed E-state index contributed by atoms with van der Waals surface area (Å²) in [7, 11) is 1.42. The van der Waals surface area contributed by atoms with Gasteiger partial charge in [0.2, 0.25) is 23.6 Å². The summed E-state index contributed by atoms with van der Waals surface area (Å²) in [6.07, 6.45) is 1.75. The van der Waals surface area contributed by atoms with E-state index >= 15 is 4.79 Å². The number of carbonyl (C=O) groups is 5. The van der Waals surface area contributed by atoms with Crippen LogP contribution in [-0.2, 0) is 29.4 Å². The summed E-state index contributed by atoms with van der Waals surface area (Å²) in [5, 5.41) is 21.3. The second kappa shape index (κ2) is 11.4. The van der Waals surface area contributed by atoms with Crippen LogP contribution in [0.15, 0.2) is 84.4 Å². The maximum absolute atomic E-state index is 15.2. The molecule has 0 bridgehead atoms. The number of phenols is 1. The van der Waals surface area contributed by atoms with Gasteiger partial charge in [0.25, 0.3) is 0 Å². The van der Waals surface area contributed by atoms with Crippen LogP contribution in [0.3, 0.4) is 0 Å². The first-order valence-corrected chi connectivity index (χ1v) is 15.8. The lowest BCUT2D eigenvalue weighted by Gasteiger charge is -2.50. The number of likely N-dealkylation sites (tertiary alicyclic amines) is 1. The van der Waals surface area contributed by atoms with Crippen LogP contribution in [0.1, 0.15) is 36.3 Å². The van der Waals surface area contributed by atoms with Crippen molar-refractivity contribution in [3.8, 4) is 11.5 Å². The average molecular weight is 655 g/mol. The zero-order valence-electron chi connectivity index (χ0n) is 25.3. The van der Waals surface area contributed by atoms with Crippen molar-refractivity contribution >= 4 is 46.9 Å². The number of para-hydroxylation sites is 1. The SMILES string of the molecule is COc1cccc(C2C3=CCC4C(=O)N(CCC(=O)O)C(=O)C4C3CC3C(=O)N(c4cccc(Cl)c4)C(=O)C32c2ccccc2)c1O. The van der Waals surface area contributed by atoms with Gasteiger partial charge >= 0.3 is 5.97 Å². The minimum absolute atomic E-state index is 0.0799. The van der Waals surface area contributed by atoms with Gasteiger partial charge in [-0.1, -0.05) is 71.8 Å². The molecule has 2 aliphatic heterocycles. The molecule has 4 aliphatic rings. The van der Waals surface area contributed by atoms with Crippen molar-refractivity contribution in [2.45, 2.75) is 30.6 Å². The smallest absolute Gasteiger partial charge is 0.305 e. The molecule has 7 rings (SSSR count). The summed E-state index contributed by atoms with van der Waals surface area (Å²) < 4.78 is 5.48. The van der Waals surface area contributed by atoms with Gasteiger partial charge in [-0.25, -0.2) is 4.90 Å². The summed E-state index contributed by atoms with van der Waals surface area (Å²) in [5.41, 5.74) is 0.339. The number of amides is 4. The molecule has 0 radical (unpaired) electrons. The van der Waals surface area contributed by atoms with Crippen LogP contribution >= 0.6 is 11.6 Å². The minimum Gasteiger partial charge on any atom is -0.504 e. The molecule has 10 nitrogen and oxygen atoms in total. The molecule has 2 N–H and O–H groups in total. The van der Waals surface area contributed by atoms with Gasteiger partial charge < -0.3 is 14.9 Å². The molecule has 3 aromatic rings. The molecule has 6 unspecified atom stereocenters. The fourth-order valence-electron chi connectivity index (χ4n) is 8.52. The Hall–Kier alpha value is -4.96. The van der Waals surface area contributed by atoms with Crippen molar-refractivity contribution < 1.29 is 38.9 Å². The Labute approximate surface area is 275 Å². The van der Waals surface area contributed by atoms with Crippen LogP contribution in [0, 0.1) is 23.7 Å². The van der Waals surface area contributed by atoms with Crippen molar-refractivity contribution in [2.75, 3.05) is 18.6 Å². The quantitative estimate of drug-likeness (QED) is 0.276. The number of methoxy groups -OCH3 is 1. The highest BCUT2D eigenvalue weighted by Gasteiger charge is 2.70. The number of hydrogen-bond acceptors (Lipinski definition) is 7. The van der Waals surface area contributed by atoms with Crippen LogP contribution in [0.5, 0.6) is 11.5 Å². The normalized spacial score (nSPS) is 28.1. The summed E-state index contributed by atoms with van der Waals surface area (Å²) in [6, 6.07) is 20.5. The molecule has 1 saturated carbocycles. The highest BCUT2D eigenvalue weighted by atomic mass is 35.5. The first-order chi connectivity index (χ1) is 22.6. The number of nitrogens with zero attached hydrogens (tertiary/aromatic N) is 2. The molecule has 11 heteroatoms. The molecular weight excluding hydrogens is 624 g/mol. The number of benzene rings is 3. The van der Waals surface area contributed by atoms with E-state index in [-0.39, 0.29) is 37.3 Å². The zero-order valence-corrected chi connectivity index (χ0v) is 26.1. The van der Waals surface area contributed by atoms with Crippen LogP contribution in [0.25, 0.3) is 0 Å². The van der Waals surface area contributed by atoms with Gasteiger partial charge in [0.15, 0.2) is 11.5 Å². The minimum atomic E-state index is -1.55. The fraction of sp³-hybridized carbons (Fsp3) is 0.306. The van der Waals surface area contributed by atoms with Gasteiger partial charge in [-0.3, -0.25) is 28.9 Å². The highest BCUT2D eigenvalue weighted by Crippen LogP contribution is 2.65. The van der Waals surface area contributed by atoms with Gasteiger partial charge in [-0.05, 0) is 48.6 Å². The van der Waals surface area contributed by atoms with Crippen LogP contribution in [0.2, 0.25) is 5.02 Å². The number of aromatic hydroxyl groups is 1. The number of carbonyl (C=O) groups excluding carboxylic acids is 4. The summed E-state index contributed by atoms with van der Waals surface area (Å²) in [4.78, 5) is 70.9. The van der Waals surface area contributed by atoms with E-state index in [9.17, 15) is 29.4 Å². The van der Waals surface area contributed by atoms with Crippen LogP contribution < -0.4 is 9.64 Å². The summed E-state index contributed by atoms with van der Waals surface area (Å²) >= 11 is 6.33. The topological polar surface area (TPSA) is 142 Å². The molecule has 47 heavy (non-hydrogen) atoms. The number of allylic oxidation sites excluding steroid dienone is 2. The lowest BCUT2D eigenvalue weighted by atomic mass is 9.49. The van der Waals surface area contributed by atoms with E-state index in [0.29, 0.717) is 27.4 Å². The number of carboxylic acids is 1. The first-order valence-electron chi connectivity index (χ1n) is 15.4. The Morgan fingerprint density at radius 2 is 1.70 bits per heavy atom. The lowest BCUT2D eigenvalue weighted by Crippen LogP contribution is -2.53. The molecule has 0 aromatic heterocycles. The fourth-order valence-corrected chi connectivity index (χ4v) is 8.70. The maximum atomic E-state index is 15.2. The Kier molecular flexibility index (Phi) is 7.43. The average Bonchev–Trinajstić information content (AvgIpc) is 3.44. The molecule has 6 atom stereocenters. The predicted molar refractivity (Wildman–Crippen MR) is 170 cm³/mol. The number of aliphatic carboxylic acids is 1. The third-order valence-corrected chi connectivity index (χ3v) is 10.6. The highest BCUT2D eigenvalue weighted by molar-refractivity contribution is 6.32. The van der Waals surface area contributed by atoms with Crippen molar-refractivity contribution in [1.82, 2.24) is 4.90 Å². The number of hydrogen-bond donors (Lipinski definition) is 2. The molecule has 240 valence electrons. The van der Waals surface area contributed by atoms with Crippen LogP contribution in [-0.4, -0.2) is 58.4 Å². The Morgan fingerprint density at radius 1 is 0.957 bits per heavy atom. The molecule has 2 heterocycles. The van der Waals surface area contributed by atoms with Crippen LogP contribution in [0.4, 0.5) is 5.69 Å². The Bertz CT molecular complexity index is 1880. The van der Waals surface area contributed by atoms with E-state index in [1.165, 1.54) is 7.11 Å². The molecule has 3 fully saturated rings. The molecule has 3 aromatic carbocycles. The third kappa shape index (κ3) is 4.41. The number of anilines is 1. The van der Waals surface area contributed by atoms with E-state index in [2.05, 4.69) is 0 Å². The number of carboxylic acid groups (broad SMARTS) is 1. The molecule has 0 spiro atoms. The lowest BCUT2D eigenvalue weighted by molar-refractivity contribution is -0.142. The number of fused-ring (bicyclic) bond motifs is 4. The standard InChI is InChI=1S/C36H31ClN2O8/c1-47-27-12-6-11-24(31(27)42)30-22-13-14-23-29(34(45)38(32(23)43)16-15-28(40)41)25(22)18-26-33(44)39(21-10-5-9-20(37)17-21)35(46)36(26,30)19-7-3-2-4-8-19/h2-13,17,23,25-26,29-30,42H,14-16,18H2,1H3,(H,40,41). The van der Waals surface area contributed by atoms with Gasteiger partial charge in [0.05, 0.1) is 42.4 Å². The van der Waals surface area contributed by atoms with E-state index < -0.39 is 64.6 Å². The molecule has 4 amide bonds. The number of imide groups is 2. The second-order valence-electron chi connectivity index (χ2n) is 12.5. The van der Waals surface area contributed by atoms with Gasteiger partial charge in [0.1, 0.15) is 0 Å². The van der Waals surface area contributed by atoms with E-state index in [1.807, 2.05) is 12.1 Å².